The van der Waals surface area contributed by atoms with E-state index in [2.05, 4.69) is 37.2 Å². The SMILES string of the molecule is CC(C)CCn1c(COc2ccccc2)nn(CN(CC(C)C)C2CCS(=O)(=O)C2)c1=S. The number of para-hydroxylation sites is 1. The highest BCUT2D eigenvalue weighted by Crippen LogP contribution is 2.20. The fourth-order valence-corrected chi connectivity index (χ4v) is 6.04. The average Bonchev–Trinajstić information content (AvgIpc) is 3.23. The van der Waals surface area contributed by atoms with E-state index in [-0.39, 0.29) is 17.5 Å². The van der Waals surface area contributed by atoms with Crippen LogP contribution in [0.5, 0.6) is 5.75 Å². The first-order valence-electron chi connectivity index (χ1n) is 11.4. The number of hydrogen-bond donors (Lipinski definition) is 0. The Labute approximate surface area is 197 Å². The normalized spacial score (nSPS) is 18.2. The summed E-state index contributed by atoms with van der Waals surface area (Å²) in [6.45, 7) is 11.1. The Hall–Kier alpha value is -1.71. The first kappa shape index (κ1) is 24.9. The fourth-order valence-electron chi connectivity index (χ4n) is 3.99. The Bertz CT molecular complexity index is 1030. The molecule has 0 radical (unpaired) electrons. The van der Waals surface area contributed by atoms with Crippen molar-refractivity contribution in [2.75, 3.05) is 18.1 Å². The summed E-state index contributed by atoms with van der Waals surface area (Å²) in [5.41, 5.74) is 0. The maximum atomic E-state index is 12.1. The molecule has 0 amide bonds. The Morgan fingerprint density at radius 3 is 2.50 bits per heavy atom. The molecule has 0 saturated carbocycles. The van der Waals surface area contributed by atoms with Gasteiger partial charge in [0, 0.05) is 19.1 Å². The lowest BCUT2D eigenvalue weighted by Gasteiger charge is -2.29. The molecule has 7 nitrogen and oxygen atoms in total. The van der Waals surface area contributed by atoms with Crippen LogP contribution in [0.4, 0.5) is 0 Å². The van der Waals surface area contributed by atoms with Gasteiger partial charge in [-0.05, 0) is 49.0 Å². The topological polar surface area (TPSA) is 69.4 Å². The third-order valence-corrected chi connectivity index (χ3v) is 7.86. The number of hydrogen-bond acceptors (Lipinski definition) is 6. The first-order valence-corrected chi connectivity index (χ1v) is 13.7. The third kappa shape index (κ3) is 6.89. The van der Waals surface area contributed by atoms with Crippen molar-refractivity contribution in [2.24, 2.45) is 11.8 Å². The van der Waals surface area contributed by atoms with E-state index in [1.807, 2.05) is 35.0 Å². The van der Waals surface area contributed by atoms with Crippen molar-refractivity contribution in [3.05, 3.63) is 40.9 Å². The number of sulfone groups is 1. The van der Waals surface area contributed by atoms with Gasteiger partial charge < -0.3 is 9.30 Å². The molecule has 1 aromatic carbocycles. The molecule has 3 rings (SSSR count). The number of rotatable bonds is 11. The lowest BCUT2D eigenvalue weighted by Crippen LogP contribution is -2.40. The predicted molar refractivity (Wildman–Crippen MR) is 130 cm³/mol. The van der Waals surface area contributed by atoms with E-state index in [0.717, 1.165) is 31.1 Å². The number of nitrogens with zero attached hydrogens (tertiary/aromatic N) is 4. The summed E-state index contributed by atoms with van der Waals surface area (Å²) < 4.78 is 34.7. The lowest BCUT2D eigenvalue weighted by molar-refractivity contribution is 0.136. The van der Waals surface area contributed by atoms with Gasteiger partial charge in [0.25, 0.3) is 0 Å². The second-order valence-electron chi connectivity index (χ2n) is 9.50. The van der Waals surface area contributed by atoms with E-state index in [0.29, 0.717) is 36.3 Å². The van der Waals surface area contributed by atoms with Crippen LogP contribution in [0.25, 0.3) is 0 Å². The quantitative estimate of drug-likeness (QED) is 0.450. The molecular weight excluding hydrogens is 444 g/mol. The maximum absolute atomic E-state index is 12.1. The molecule has 2 aromatic rings. The van der Waals surface area contributed by atoms with Gasteiger partial charge in [-0.2, -0.15) is 5.10 Å². The molecule has 0 N–H and O–H groups in total. The van der Waals surface area contributed by atoms with Gasteiger partial charge in [-0.25, -0.2) is 13.1 Å². The fraction of sp³-hybridized carbons (Fsp3) is 0.652. The zero-order valence-corrected chi connectivity index (χ0v) is 21.2. The highest BCUT2D eigenvalue weighted by molar-refractivity contribution is 7.91. The van der Waals surface area contributed by atoms with Crippen LogP contribution in [-0.2, 0) is 29.7 Å². The molecule has 32 heavy (non-hydrogen) atoms. The third-order valence-electron chi connectivity index (χ3n) is 5.68. The van der Waals surface area contributed by atoms with E-state index in [4.69, 9.17) is 22.1 Å². The molecule has 1 saturated heterocycles. The van der Waals surface area contributed by atoms with Gasteiger partial charge >= 0.3 is 0 Å². The molecule has 1 fully saturated rings. The van der Waals surface area contributed by atoms with Crippen molar-refractivity contribution in [3.63, 3.8) is 0 Å². The number of aromatic nitrogens is 3. The number of ether oxygens (including phenoxy) is 1. The van der Waals surface area contributed by atoms with Gasteiger partial charge in [0.1, 0.15) is 12.4 Å². The van der Waals surface area contributed by atoms with Gasteiger partial charge in [0.15, 0.2) is 20.4 Å². The van der Waals surface area contributed by atoms with Crippen LogP contribution >= 0.6 is 12.2 Å². The van der Waals surface area contributed by atoms with Gasteiger partial charge in [0.05, 0.1) is 18.2 Å². The standard InChI is InChI=1S/C23H36N4O3S2/c1-18(2)10-12-26-22(15-30-21-8-6-5-7-9-21)24-27(23(26)31)17-25(14-19(3)4)20-11-13-32(28,29)16-20/h5-9,18-20H,10-17H2,1-4H3. The van der Waals surface area contributed by atoms with Crippen molar-refractivity contribution in [1.82, 2.24) is 19.2 Å². The molecule has 1 aliphatic rings. The molecular formula is C23H36N4O3S2. The Morgan fingerprint density at radius 1 is 1.19 bits per heavy atom. The van der Waals surface area contributed by atoms with Crippen molar-refractivity contribution < 1.29 is 13.2 Å². The summed E-state index contributed by atoms with van der Waals surface area (Å²) in [6.07, 6.45) is 1.66. The van der Waals surface area contributed by atoms with Crippen LogP contribution in [-0.4, -0.2) is 51.8 Å². The van der Waals surface area contributed by atoms with Gasteiger partial charge in [-0.15, -0.1) is 0 Å². The van der Waals surface area contributed by atoms with Crippen LogP contribution in [0.2, 0.25) is 0 Å². The lowest BCUT2D eigenvalue weighted by atomic mass is 10.1. The van der Waals surface area contributed by atoms with Crippen molar-refractivity contribution in [1.29, 1.82) is 0 Å². The van der Waals surface area contributed by atoms with Crippen LogP contribution < -0.4 is 4.74 Å². The van der Waals surface area contributed by atoms with Crippen LogP contribution in [0, 0.1) is 16.6 Å². The zero-order valence-electron chi connectivity index (χ0n) is 19.6. The number of benzene rings is 1. The molecule has 1 unspecified atom stereocenters. The minimum Gasteiger partial charge on any atom is -0.486 e. The molecule has 1 aliphatic heterocycles. The van der Waals surface area contributed by atoms with Gasteiger partial charge in [-0.3, -0.25) is 4.90 Å². The summed E-state index contributed by atoms with van der Waals surface area (Å²) in [7, 11) is -2.96. The second-order valence-corrected chi connectivity index (χ2v) is 12.1. The average molecular weight is 481 g/mol. The maximum Gasteiger partial charge on any atom is 0.199 e. The highest BCUT2D eigenvalue weighted by Gasteiger charge is 2.33. The first-order chi connectivity index (χ1) is 15.1. The summed E-state index contributed by atoms with van der Waals surface area (Å²) in [5, 5.41) is 4.82. The summed E-state index contributed by atoms with van der Waals surface area (Å²) in [5.74, 6) is 3.02. The van der Waals surface area contributed by atoms with E-state index in [1.165, 1.54) is 0 Å². The van der Waals surface area contributed by atoms with Crippen molar-refractivity contribution in [3.8, 4) is 5.75 Å². The predicted octanol–water partition coefficient (Wildman–Crippen LogP) is 4.14. The van der Waals surface area contributed by atoms with E-state index < -0.39 is 9.84 Å². The van der Waals surface area contributed by atoms with Crippen LogP contribution in [0.15, 0.2) is 30.3 Å². The Balaban J connectivity index is 1.84. The van der Waals surface area contributed by atoms with Crippen molar-refractivity contribution in [2.45, 2.75) is 66.4 Å². The molecule has 1 atom stereocenters. The monoisotopic (exact) mass is 480 g/mol. The summed E-state index contributed by atoms with van der Waals surface area (Å²) in [4.78, 5) is 2.23. The minimum atomic E-state index is -2.96. The van der Waals surface area contributed by atoms with Crippen LogP contribution in [0.1, 0.15) is 46.4 Å². The highest BCUT2D eigenvalue weighted by atomic mass is 32.2. The second kappa shape index (κ2) is 10.9. The Kier molecular flexibility index (Phi) is 8.52. The smallest absolute Gasteiger partial charge is 0.199 e. The van der Waals surface area contributed by atoms with Crippen LogP contribution in [0.3, 0.4) is 0 Å². The molecule has 1 aromatic heterocycles. The van der Waals surface area contributed by atoms with Gasteiger partial charge in [0.2, 0.25) is 0 Å². The summed E-state index contributed by atoms with van der Waals surface area (Å²) in [6, 6.07) is 9.70. The molecule has 0 spiro atoms. The molecule has 9 heteroatoms. The van der Waals surface area contributed by atoms with E-state index in [9.17, 15) is 8.42 Å². The van der Waals surface area contributed by atoms with E-state index in [1.54, 1.807) is 0 Å². The largest absolute Gasteiger partial charge is 0.486 e. The van der Waals surface area contributed by atoms with Gasteiger partial charge in [-0.1, -0.05) is 45.9 Å². The van der Waals surface area contributed by atoms with E-state index >= 15 is 0 Å². The molecule has 0 aliphatic carbocycles. The van der Waals surface area contributed by atoms with Crippen molar-refractivity contribution >= 4 is 22.1 Å². The zero-order chi connectivity index (χ0) is 23.3. The molecule has 178 valence electrons. The molecule has 2 heterocycles. The molecule has 0 bridgehead atoms. The minimum absolute atomic E-state index is 0.00846. The summed E-state index contributed by atoms with van der Waals surface area (Å²) >= 11 is 5.81. The Morgan fingerprint density at radius 2 is 1.91 bits per heavy atom.